The first kappa shape index (κ1) is 16.7. The van der Waals surface area contributed by atoms with Gasteiger partial charge in [-0.05, 0) is 29.0 Å². The normalized spacial score (nSPS) is 29.3. The van der Waals surface area contributed by atoms with Crippen molar-refractivity contribution >= 4 is 11.3 Å². The minimum Gasteiger partial charge on any atom is -0.355 e. The van der Waals surface area contributed by atoms with E-state index in [1.54, 1.807) is 18.4 Å². The predicted octanol–water partition coefficient (Wildman–Crippen LogP) is 3.68. The Bertz CT molecular complexity index is 770. The molecule has 1 spiro atoms. The highest BCUT2D eigenvalue weighted by atomic mass is 32.1. The fraction of sp³-hybridized carbons (Fsp3) is 0.450. The molecule has 1 aromatic carbocycles. The van der Waals surface area contributed by atoms with Crippen LogP contribution in [-0.4, -0.2) is 30.9 Å². The highest BCUT2D eigenvalue weighted by molar-refractivity contribution is 7.10. The van der Waals surface area contributed by atoms with Gasteiger partial charge in [0, 0.05) is 37.9 Å². The van der Waals surface area contributed by atoms with Crippen LogP contribution in [0, 0.1) is 11.3 Å². The van der Waals surface area contributed by atoms with E-state index in [2.05, 4.69) is 34.5 Å². The van der Waals surface area contributed by atoms with Gasteiger partial charge in [0.05, 0.1) is 6.07 Å². The maximum atomic E-state index is 9.80. The van der Waals surface area contributed by atoms with E-state index in [0.717, 1.165) is 25.9 Å². The number of nitrogens with zero attached hydrogens (tertiary/aromatic N) is 2. The SMILES string of the molecule is COC1Cc2sccc2C2(CCN(Cc3ccccc3)C(C#N)C2)O1. The van der Waals surface area contributed by atoms with Gasteiger partial charge in [0.25, 0.3) is 0 Å². The monoisotopic (exact) mass is 354 g/mol. The summed E-state index contributed by atoms with van der Waals surface area (Å²) in [6.07, 6.45) is 2.17. The number of ether oxygens (including phenoxy) is 2. The molecule has 1 fully saturated rings. The number of hydrogen-bond donors (Lipinski definition) is 0. The smallest absolute Gasteiger partial charge is 0.163 e. The molecule has 3 atom stereocenters. The Hall–Kier alpha value is -1.71. The van der Waals surface area contributed by atoms with E-state index < -0.39 is 0 Å². The van der Waals surface area contributed by atoms with Crippen LogP contribution in [-0.2, 0) is 28.0 Å². The van der Waals surface area contributed by atoms with Gasteiger partial charge in [-0.25, -0.2) is 0 Å². The van der Waals surface area contributed by atoms with Crippen LogP contribution in [0.25, 0.3) is 0 Å². The Kier molecular flexibility index (Phi) is 4.61. The van der Waals surface area contributed by atoms with Crippen LogP contribution in [0.15, 0.2) is 41.8 Å². The summed E-state index contributed by atoms with van der Waals surface area (Å²) < 4.78 is 11.9. The van der Waals surface area contributed by atoms with Crippen LogP contribution in [0.4, 0.5) is 0 Å². The Balaban J connectivity index is 1.58. The standard InChI is InChI=1S/C20H22N2O2S/c1-23-19-11-18-17(7-10-25-18)20(24-19)8-9-22(16(12-20)13-21)14-15-5-3-2-4-6-15/h2-7,10,16,19H,8-9,11-12,14H2,1H3. The van der Waals surface area contributed by atoms with Gasteiger partial charge in [0.2, 0.25) is 0 Å². The van der Waals surface area contributed by atoms with Gasteiger partial charge in [-0.3, -0.25) is 4.90 Å². The second kappa shape index (κ2) is 6.89. The number of fused-ring (bicyclic) bond motifs is 2. The molecule has 0 saturated carbocycles. The van der Waals surface area contributed by atoms with Crippen molar-refractivity contribution in [3.05, 3.63) is 57.8 Å². The summed E-state index contributed by atoms with van der Waals surface area (Å²) in [4.78, 5) is 3.61. The van der Waals surface area contributed by atoms with E-state index in [1.165, 1.54) is 16.0 Å². The molecule has 5 heteroatoms. The number of hydrogen-bond acceptors (Lipinski definition) is 5. The van der Waals surface area contributed by atoms with Crippen LogP contribution in [0.3, 0.4) is 0 Å². The highest BCUT2D eigenvalue weighted by Crippen LogP contribution is 2.47. The maximum absolute atomic E-state index is 9.80. The second-order valence-electron chi connectivity index (χ2n) is 6.79. The van der Waals surface area contributed by atoms with E-state index in [1.807, 2.05) is 18.2 Å². The summed E-state index contributed by atoms with van der Waals surface area (Å²) in [6, 6.07) is 14.9. The van der Waals surface area contributed by atoms with E-state index in [4.69, 9.17) is 9.47 Å². The van der Waals surface area contributed by atoms with Crippen LogP contribution in [0.1, 0.15) is 28.8 Å². The van der Waals surface area contributed by atoms with Gasteiger partial charge in [0.15, 0.2) is 6.29 Å². The summed E-state index contributed by atoms with van der Waals surface area (Å²) in [5, 5.41) is 11.9. The lowest BCUT2D eigenvalue weighted by atomic mass is 9.79. The third-order valence-corrected chi connectivity index (χ3v) is 6.30. The molecule has 0 radical (unpaired) electrons. The summed E-state index contributed by atoms with van der Waals surface area (Å²) >= 11 is 1.77. The molecule has 1 saturated heterocycles. The van der Waals surface area contributed by atoms with Crippen molar-refractivity contribution in [2.75, 3.05) is 13.7 Å². The first-order valence-electron chi connectivity index (χ1n) is 8.69. The summed E-state index contributed by atoms with van der Waals surface area (Å²) in [6.45, 7) is 1.65. The molecular formula is C20H22N2O2S. The first-order valence-corrected chi connectivity index (χ1v) is 9.57. The van der Waals surface area contributed by atoms with Gasteiger partial charge >= 0.3 is 0 Å². The lowest BCUT2D eigenvalue weighted by Crippen LogP contribution is -2.52. The Morgan fingerprint density at radius 3 is 2.96 bits per heavy atom. The summed E-state index contributed by atoms with van der Waals surface area (Å²) in [7, 11) is 1.70. The average Bonchev–Trinajstić information content (AvgIpc) is 3.13. The molecule has 2 aliphatic rings. The molecule has 2 aliphatic heterocycles. The minimum absolute atomic E-state index is 0.155. The first-order chi connectivity index (χ1) is 12.2. The Morgan fingerprint density at radius 1 is 1.36 bits per heavy atom. The van der Waals surface area contributed by atoms with Gasteiger partial charge < -0.3 is 9.47 Å². The van der Waals surface area contributed by atoms with E-state index >= 15 is 0 Å². The molecule has 0 amide bonds. The Labute approximate surface area is 152 Å². The van der Waals surface area contributed by atoms with Crippen molar-refractivity contribution in [1.82, 2.24) is 4.90 Å². The zero-order chi connectivity index (χ0) is 17.3. The van der Waals surface area contributed by atoms with Crippen LogP contribution in [0.5, 0.6) is 0 Å². The number of rotatable bonds is 3. The molecule has 4 rings (SSSR count). The predicted molar refractivity (Wildman–Crippen MR) is 97.1 cm³/mol. The zero-order valence-corrected chi connectivity index (χ0v) is 15.2. The van der Waals surface area contributed by atoms with Crippen LogP contribution >= 0.6 is 11.3 Å². The van der Waals surface area contributed by atoms with E-state index in [0.29, 0.717) is 6.42 Å². The molecule has 4 nitrogen and oxygen atoms in total. The third-order valence-electron chi connectivity index (χ3n) is 5.35. The summed E-state index contributed by atoms with van der Waals surface area (Å²) in [5.74, 6) is 0. The van der Waals surface area contributed by atoms with Crippen molar-refractivity contribution in [1.29, 1.82) is 5.26 Å². The van der Waals surface area contributed by atoms with Gasteiger partial charge in [-0.1, -0.05) is 30.3 Å². The number of methoxy groups -OCH3 is 1. The molecule has 25 heavy (non-hydrogen) atoms. The molecule has 2 aromatic rings. The maximum Gasteiger partial charge on any atom is 0.163 e. The minimum atomic E-state index is -0.387. The molecule has 3 unspecified atom stereocenters. The molecule has 0 N–H and O–H groups in total. The van der Waals surface area contributed by atoms with Gasteiger partial charge in [-0.15, -0.1) is 11.3 Å². The number of thiophene rings is 1. The second-order valence-corrected chi connectivity index (χ2v) is 7.79. The van der Waals surface area contributed by atoms with Crippen LogP contribution < -0.4 is 0 Å². The lowest BCUT2D eigenvalue weighted by molar-refractivity contribution is -0.229. The van der Waals surface area contributed by atoms with Crippen LogP contribution in [0.2, 0.25) is 0 Å². The van der Waals surface area contributed by atoms with E-state index in [9.17, 15) is 5.26 Å². The fourth-order valence-corrected chi connectivity index (χ4v) is 5.04. The van der Waals surface area contributed by atoms with Crippen molar-refractivity contribution in [2.45, 2.75) is 43.7 Å². The third kappa shape index (κ3) is 3.11. The highest BCUT2D eigenvalue weighted by Gasteiger charge is 2.47. The molecular weight excluding hydrogens is 332 g/mol. The largest absolute Gasteiger partial charge is 0.355 e. The van der Waals surface area contributed by atoms with Crippen molar-refractivity contribution in [3.63, 3.8) is 0 Å². The van der Waals surface area contributed by atoms with E-state index in [-0.39, 0.29) is 17.9 Å². The number of benzene rings is 1. The quantitative estimate of drug-likeness (QED) is 0.843. The molecule has 0 aliphatic carbocycles. The molecule has 0 bridgehead atoms. The number of nitriles is 1. The van der Waals surface area contributed by atoms with Crippen molar-refractivity contribution in [3.8, 4) is 6.07 Å². The fourth-order valence-electron chi connectivity index (χ4n) is 4.05. The summed E-state index contributed by atoms with van der Waals surface area (Å²) in [5.41, 5.74) is 2.13. The lowest BCUT2D eigenvalue weighted by Gasteiger charge is -2.47. The van der Waals surface area contributed by atoms with Crippen molar-refractivity contribution in [2.24, 2.45) is 0 Å². The molecule has 1 aromatic heterocycles. The van der Waals surface area contributed by atoms with Gasteiger partial charge in [-0.2, -0.15) is 5.26 Å². The number of piperidine rings is 1. The topological polar surface area (TPSA) is 45.5 Å². The zero-order valence-electron chi connectivity index (χ0n) is 14.4. The molecule has 130 valence electrons. The number of likely N-dealkylation sites (tertiary alicyclic amines) is 1. The molecule has 3 heterocycles. The average molecular weight is 354 g/mol. The Morgan fingerprint density at radius 2 is 2.20 bits per heavy atom. The van der Waals surface area contributed by atoms with Crippen molar-refractivity contribution < 1.29 is 9.47 Å². The van der Waals surface area contributed by atoms with Gasteiger partial charge in [0.1, 0.15) is 11.6 Å².